The first-order valence-corrected chi connectivity index (χ1v) is 8.23. The number of carbonyl (C=O) groups excluding carboxylic acids is 1. The summed E-state index contributed by atoms with van der Waals surface area (Å²) in [6.07, 6.45) is 1.86. The van der Waals surface area contributed by atoms with Crippen LogP contribution in [0.5, 0.6) is 0 Å². The lowest BCUT2D eigenvalue weighted by atomic mass is 9.96. The van der Waals surface area contributed by atoms with Crippen LogP contribution in [0, 0.1) is 5.82 Å². The zero-order valence-electron chi connectivity index (χ0n) is 14.0. The third-order valence-corrected chi connectivity index (χ3v) is 4.04. The minimum atomic E-state index is -0.969. The number of hydrogen-bond acceptors (Lipinski definition) is 2. The molecule has 2 N–H and O–H groups in total. The van der Waals surface area contributed by atoms with Crippen molar-refractivity contribution in [1.29, 1.82) is 0 Å². The minimum Gasteiger partial charge on any atom is -0.388 e. The van der Waals surface area contributed by atoms with Crippen LogP contribution in [0.2, 0.25) is 0 Å². The Morgan fingerprint density at radius 3 is 2.46 bits per heavy atom. The second-order valence-corrected chi connectivity index (χ2v) is 6.35. The molecule has 0 aliphatic rings. The Balaban J connectivity index is 1.72. The van der Waals surface area contributed by atoms with Gasteiger partial charge >= 0.3 is 0 Å². The van der Waals surface area contributed by atoms with Gasteiger partial charge in [-0.15, -0.1) is 0 Å². The van der Waals surface area contributed by atoms with E-state index in [2.05, 4.69) is 5.32 Å². The van der Waals surface area contributed by atoms with Crippen LogP contribution < -0.4 is 5.32 Å². The van der Waals surface area contributed by atoms with Crippen LogP contribution in [0.25, 0.3) is 0 Å². The second kappa shape index (κ2) is 8.60. The van der Waals surface area contributed by atoms with Gasteiger partial charge in [0.1, 0.15) is 5.82 Å². The smallest absolute Gasteiger partial charge is 0.220 e. The quantitative estimate of drug-likeness (QED) is 0.781. The molecule has 2 aromatic carbocycles. The molecule has 0 aliphatic heterocycles. The van der Waals surface area contributed by atoms with Gasteiger partial charge in [-0.1, -0.05) is 48.5 Å². The van der Waals surface area contributed by atoms with Gasteiger partial charge in [-0.2, -0.15) is 0 Å². The van der Waals surface area contributed by atoms with E-state index in [4.69, 9.17) is 0 Å². The molecule has 2 aromatic rings. The molecule has 1 atom stereocenters. The van der Waals surface area contributed by atoms with E-state index in [1.165, 1.54) is 6.07 Å². The summed E-state index contributed by atoms with van der Waals surface area (Å²) in [4.78, 5) is 11.9. The molecule has 0 radical (unpaired) electrons. The van der Waals surface area contributed by atoms with Crippen LogP contribution in [0.3, 0.4) is 0 Å². The van der Waals surface area contributed by atoms with Crippen molar-refractivity contribution in [3.8, 4) is 0 Å². The van der Waals surface area contributed by atoms with Crippen molar-refractivity contribution in [2.24, 2.45) is 0 Å². The Kier molecular flexibility index (Phi) is 6.50. The largest absolute Gasteiger partial charge is 0.388 e. The number of aliphatic hydroxyl groups is 1. The summed E-state index contributed by atoms with van der Waals surface area (Å²) in [5.74, 6) is -0.474. The normalized spacial score (nSPS) is 13.3. The summed E-state index contributed by atoms with van der Waals surface area (Å²) >= 11 is 0. The van der Waals surface area contributed by atoms with Gasteiger partial charge < -0.3 is 10.4 Å². The van der Waals surface area contributed by atoms with Crippen LogP contribution in [-0.4, -0.2) is 23.2 Å². The Bertz CT molecular complexity index is 656. The molecular weight excluding hydrogens is 305 g/mol. The number of amides is 1. The van der Waals surface area contributed by atoms with Crippen LogP contribution >= 0.6 is 0 Å². The predicted molar refractivity (Wildman–Crippen MR) is 93.1 cm³/mol. The lowest BCUT2D eigenvalue weighted by Gasteiger charge is -2.23. The van der Waals surface area contributed by atoms with Gasteiger partial charge in [-0.3, -0.25) is 4.79 Å². The number of carbonyl (C=O) groups is 1. The summed E-state index contributed by atoms with van der Waals surface area (Å²) in [5.41, 5.74) is 0.718. The Morgan fingerprint density at radius 1 is 1.08 bits per heavy atom. The summed E-state index contributed by atoms with van der Waals surface area (Å²) in [5, 5.41) is 13.1. The number of rotatable bonds is 8. The van der Waals surface area contributed by atoms with Gasteiger partial charge in [-0.05, 0) is 43.4 Å². The Morgan fingerprint density at radius 2 is 1.75 bits per heavy atom. The van der Waals surface area contributed by atoms with E-state index in [-0.39, 0.29) is 24.7 Å². The summed E-state index contributed by atoms with van der Waals surface area (Å²) in [6, 6.07) is 16.4. The maximum atomic E-state index is 13.5. The van der Waals surface area contributed by atoms with Gasteiger partial charge in [0.2, 0.25) is 5.91 Å². The van der Waals surface area contributed by atoms with Gasteiger partial charge in [0.25, 0.3) is 0 Å². The molecule has 0 spiro atoms. The van der Waals surface area contributed by atoms with Gasteiger partial charge in [0, 0.05) is 13.0 Å². The monoisotopic (exact) mass is 329 g/mol. The second-order valence-electron chi connectivity index (χ2n) is 6.35. The number of benzene rings is 2. The predicted octanol–water partition coefficient (Wildman–Crippen LogP) is 3.26. The fraction of sp³-hybridized carbons (Fsp3) is 0.350. The number of nitrogens with one attached hydrogen (secondary N) is 1. The van der Waals surface area contributed by atoms with E-state index in [9.17, 15) is 14.3 Å². The highest BCUT2D eigenvalue weighted by molar-refractivity contribution is 5.76. The van der Waals surface area contributed by atoms with E-state index < -0.39 is 5.60 Å². The molecule has 0 aliphatic carbocycles. The highest BCUT2D eigenvalue weighted by Crippen LogP contribution is 2.14. The van der Waals surface area contributed by atoms with Gasteiger partial charge in [0.15, 0.2) is 0 Å². The molecule has 2 rings (SSSR count). The Labute approximate surface area is 142 Å². The van der Waals surface area contributed by atoms with Crippen molar-refractivity contribution in [2.75, 3.05) is 6.54 Å². The molecule has 128 valence electrons. The summed E-state index contributed by atoms with van der Waals surface area (Å²) in [6.45, 7) is 1.91. The molecule has 0 aromatic heterocycles. The minimum absolute atomic E-state index is 0.182. The van der Waals surface area contributed by atoms with E-state index in [1.54, 1.807) is 25.1 Å². The van der Waals surface area contributed by atoms with Crippen LogP contribution in [0.15, 0.2) is 54.6 Å². The maximum absolute atomic E-state index is 13.5. The molecular formula is C20H24FNO2. The molecule has 1 amide bonds. The zero-order chi connectivity index (χ0) is 17.4. The first-order valence-electron chi connectivity index (χ1n) is 8.23. The average molecular weight is 329 g/mol. The van der Waals surface area contributed by atoms with Gasteiger partial charge in [-0.25, -0.2) is 4.39 Å². The fourth-order valence-corrected chi connectivity index (χ4v) is 2.47. The lowest BCUT2D eigenvalue weighted by molar-refractivity contribution is -0.122. The first-order chi connectivity index (χ1) is 11.5. The molecule has 0 unspecified atom stereocenters. The maximum Gasteiger partial charge on any atom is 0.220 e. The topological polar surface area (TPSA) is 49.3 Å². The van der Waals surface area contributed by atoms with Crippen LogP contribution in [0.1, 0.15) is 30.9 Å². The van der Waals surface area contributed by atoms with E-state index in [0.29, 0.717) is 18.4 Å². The summed E-state index contributed by atoms with van der Waals surface area (Å²) in [7, 11) is 0. The number of hydrogen-bond donors (Lipinski definition) is 2. The highest BCUT2D eigenvalue weighted by atomic mass is 19.1. The third kappa shape index (κ3) is 6.13. The van der Waals surface area contributed by atoms with Crippen LogP contribution in [-0.2, 0) is 17.6 Å². The SMILES string of the molecule is C[C@](O)(CCc1ccccc1)CNC(=O)CCc1ccccc1F. The molecule has 0 fully saturated rings. The summed E-state index contributed by atoms with van der Waals surface area (Å²) < 4.78 is 13.5. The van der Waals surface area contributed by atoms with Crippen molar-refractivity contribution >= 4 is 5.91 Å². The third-order valence-electron chi connectivity index (χ3n) is 4.04. The van der Waals surface area contributed by atoms with Crippen molar-refractivity contribution in [3.63, 3.8) is 0 Å². The molecule has 3 nitrogen and oxygen atoms in total. The van der Waals surface area contributed by atoms with Crippen molar-refractivity contribution in [2.45, 2.75) is 38.2 Å². The number of aryl methyl sites for hydroxylation is 2. The van der Waals surface area contributed by atoms with Crippen molar-refractivity contribution in [1.82, 2.24) is 5.32 Å². The van der Waals surface area contributed by atoms with Crippen molar-refractivity contribution < 1.29 is 14.3 Å². The molecule has 0 saturated carbocycles. The number of halogens is 1. The lowest BCUT2D eigenvalue weighted by Crippen LogP contribution is -2.41. The first kappa shape index (κ1) is 18.1. The molecule has 0 saturated heterocycles. The van der Waals surface area contributed by atoms with E-state index in [1.807, 2.05) is 30.3 Å². The van der Waals surface area contributed by atoms with Crippen LogP contribution in [0.4, 0.5) is 4.39 Å². The fourth-order valence-electron chi connectivity index (χ4n) is 2.47. The molecule has 0 bridgehead atoms. The highest BCUT2D eigenvalue weighted by Gasteiger charge is 2.21. The zero-order valence-corrected chi connectivity index (χ0v) is 14.0. The molecule has 4 heteroatoms. The van der Waals surface area contributed by atoms with E-state index >= 15 is 0 Å². The standard InChI is InChI=1S/C20H24FNO2/c1-20(24,14-13-16-7-3-2-4-8-16)15-22-19(23)12-11-17-9-5-6-10-18(17)21/h2-10,24H,11-15H2,1H3,(H,22,23)/t20-/m0/s1. The average Bonchev–Trinajstić information content (AvgIpc) is 2.59. The van der Waals surface area contributed by atoms with Crippen molar-refractivity contribution in [3.05, 3.63) is 71.5 Å². The Hall–Kier alpha value is -2.20. The molecule has 0 heterocycles. The molecule has 24 heavy (non-hydrogen) atoms. The van der Waals surface area contributed by atoms with E-state index in [0.717, 1.165) is 12.0 Å². The van der Waals surface area contributed by atoms with Gasteiger partial charge in [0.05, 0.1) is 5.60 Å².